The molecule has 1 saturated carbocycles. The molecule has 1 aromatic rings. The Morgan fingerprint density at radius 2 is 1.63 bits per heavy atom. The molecule has 2 atom stereocenters. The van der Waals surface area contributed by atoms with Gasteiger partial charge in [-0.2, -0.15) is 0 Å². The maximum absolute atomic E-state index is 12.2. The Morgan fingerprint density at radius 1 is 1.16 bits per heavy atom. The smallest absolute Gasteiger partial charge is 0.319 e. The molecule has 1 fully saturated rings. The zero-order valence-electron chi connectivity index (χ0n) is 10.4. The normalized spacial score (nSPS) is 28.8. The van der Waals surface area contributed by atoms with E-state index >= 15 is 0 Å². The van der Waals surface area contributed by atoms with Crippen LogP contribution in [0.25, 0.3) is 0 Å². The van der Waals surface area contributed by atoms with Crippen LogP contribution in [0.5, 0.6) is 0 Å². The molecule has 2 N–H and O–H groups in total. The molecule has 2 unspecified atom stereocenters. The predicted octanol–water partition coefficient (Wildman–Crippen LogP) is 3.29. The molecule has 0 saturated heterocycles. The molecule has 2 rings (SSSR count). The fourth-order valence-corrected chi connectivity index (χ4v) is 3.06. The molecular formula is C13H13Cl2NO3. The lowest BCUT2D eigenvalue weighted by Crippen LogP contribution is -2.34. The summed E-state index contributed by atoms with van der Waals surface area (Å²) in [6.07, 6.45) is 0. The Bertz CT molecular complexity index is 531. The van der Waals surface area contributed by atoms with Crippen LogP contribution in [0.1, 0.15) is 13.8 Å². The molecule has 1 aliphatic carbocycles. The number of amides is 1. The standard InChI is InChI=1S/C13H13Cl2NO3/c1-6-7(2)13(6,12(18)19)11(17)16-10-4-8(14)3-9(15)5-10/h3-7H,1-2H3,(H,16,17)(H,18,19). The Kier molecular flexibility index (Phi) is 3.49. The predicted molar refractivity (Wildman–Crippen MR) is 73.5 cm³/mol. The average molecular weight is 302 g/mol. The number of benzene rings is 1. The summed E-state index contributed by atoms with van der Waals surface area (Å²) < 4.78 is 0. The van der Waals surface area contributed by atoms with Crippen molar-refractivity contribution in [1.82, 2.24) is 0 Å². The highest BCUT2D eigenvalue weighted by Gasteiger charge is 2.70. The summed E-state index contributed by atoms with van der Waals surface area (Å²) in [7, 11) is 0. The molecule has 102 valence electrons. The van der Waals surface area contributed by atoms with E-state index in [9.17, 15) is 14.7 Å². The molecule has 6 heteroatoms. The summed E-state index contributed by atoms with van der Waals surface area (Å²) in [5.41, 5.74) is -0.955. The molecule has 1 aliphatic rings. The van der Waals surface area contributed by atoms with Crippen LogP contribution in [0.4, 0.5) is 5.69 Å². The second-order valence-electron chi connectivity index (χ2n) is 4.86. The number of hydrogen-bond acceptors (Lipinski definition) is 2. The van der Waals surface area contributed by atoms with Crippen molar-refractivity contribution in [3.63, 3.8) is 0 Å². The zero-order chi connectivity index (χ0) is 14.4. The summed E-state index contributed by atoms with van der Waals surface area (Å²) in [6, 6.07) is 4.59. The highest BCUT2D eigenvalue weighted by Crippen LogP contribution is 2.59. The first kappa shape index (κ1) is 14.2. The lowest BCUT2D eigenvalue weighted by molar-refractivity contribution is -0.148. The minimum Gasteiger partial charge on any atom is -0.480 e. The molecule has 0 radical (unpaired) electrons. The van der Waals surface area contributed by atoms with Gasteiger partial charge in [0.1, 0.15) is 0 Å². The van der Waals surface area contributed by atoms with Crippen LogP contribution in [0.3, 0.4) is 0 Å². The third kappa shape index (κ3) is 2.19. The molecule has 4 nitrogen and oxygen atoms in total. The summed E-state index contributed by atoms with van der Waals surface area (Å²) in [4.78, 5) is 23.6. The second kappa shape index (κ2) is 4.69. The maximum atomic E-state index is 12.2. The third-order valence-corrected chi connectivity index (χ3v) is 4.36. The average Bonchev–Trinajstić information content (AvgIpc) is 2.81. The number of carbonyl (C=O) groups is 2. The summed E-state index contributed by atoms with van der Waals surface area (Å²) in [5.74, 6) is -2.02. The van der Waals surface area contributed by atoms with Gasteiger partial charge in [0.05, 0.1) is 0 Å². The number of carboxylic acid groups (broad SMARTS) is 1. The van der Waals surface area contributed by atoms with Gasteiger partial charge in [0.15, 0.2) is 5.41 Å². The number of hydrogen-bond donors (Lipinski definition) is 2. The van der Waals surface area contributed by atoms with E-state index in [0.29, 0.717) is 15.7 Å². The van der Waals surface area contributed by atoms with E-state index in [0.717, 1.165) is 0 Å². The first-order valence-electron chi connectivity index (χ1n) is 5.81. The van der Waals surface area contributed by atoms with E-state index in [2.05, 4.69) is 5.32 Å². The van der Waals surface area contributed by atoms with Gasteiger partial charge in [-0.3, -0.25) is 9.59 Å². The fourth-order valence-electron chi connectivity index (χ4n) is 2.54. The quantitative estimate of drug-likeness (QED) is 0.842. The Balaban J connectivity index is 2.24. The first-order chi connectivity index (χ1) is 8.80. The van der Waals surface area contributed by atoms with Crippen molar-refractivity contribution in [2.45, 2.75) is 13.8 Å². The number of carboxylic acids is 1. The van der Waals surface area contributed by atoms with Gasteiger partial charge in [-0.15, -0.1) is 0 Å². The van der Waals surface area contributed by atoms with Crippen LogP contribution >= 0.6 is 23.2 Å². The van der Waals surface area contributed by atoms with Crippen molar-refractivity contribution in [2.24, 2.45) is 17.3 Å². The van der Waals surface area contributed by atoms with Crippen molar-refractivity contribution < 1.29 is 14.7 Å². The molecule has 0 heterocycles. The van der Waals surface area contributed by atoms with Crippen molar-refractivity contribution >= 4 is 40.8 Å². The van der Waals surface area contributed by atoms with Gasteiger partial charge in [0.2, 0.25) is 5.91 Å². The van der Waals surface area contributed by atoms with Gasteiger partial charge in [-0.05, 0) is 30.0 Å². The highest BCUT2D eigenvalue weighted by atomic mass is 35.5. The molecular weight excluding hydrogens is 289 g/mol. The number of halogens is 2. The summed E-state index contributed by atoms with van der Waals surface area (Å²) in [6.45, 7) is 3.51. The van der Waals surface area contributed by atoms with Crippen LogP contribution in [-0.2, 0) is 9.59 Å². The van der Waals surface area contributed by atoms with Gasteiger partial charge in [-0.25, -0.2) is 0 Å². The molecule has 0 spiro atoms. The topological polar surface area (TPSA) is 66.4 Å². The molecule has 19 heavy (non-hydrogen) atoms. The minimum absolute atomic E-state index is 0.195. The SMILES string of the molecule is CC1C(C)C1(C(=O)O)C(=O)Nc1cc(Cl)cc(Cl)c1. The van der Waals surface area contributed by atoms with Gasteiger partial charge >= 0.3 is 5.97 Å². The molecule has 0 bridgehead atoms. The van der Waals surface area contributed by atoms with Gasteiger partial charge < -0.3 is 10.4 Å². The lowest BCUT2D eigenvalue weighted by Gasteiger charge is -2.13. The molecule has 1 aromatic carbocycles. The third-order valence-electron chi connectivity index (χ3n) is 3.93. The first-order valence-corrected chi connectivity index (χ1v) is 6.56. The second-order valence-corrected chi connectivity index (χ2v) is 5.74. The Labute approximate surface area is 120 Å². The maximum Gasteiger partial charge on any atom is 0.319 e. The van der Waals surface area contributed by atoms with Crippen LogP contribution in [-0.4, -0.2) is 17.0 Å². The van der Waals surface area contributed by atoms with E-state index in [4.69, 9.17) is 23.2 Å². The summed E-state index contributed by atoms with van der Waals surface area (Å²) >= 11 is 11.7. The van der Waals surface area contributed by atoms with E-state index in [1.807, 2.05) is 0 Å². The molecule has 1 amide bonds. The number of nitrogens with one attached hydrogen (secondary N) is 1. The van der Waals surface area contributed by atoms with E-state index < -0.39 is 17.3 Å². The lowest BCUT2D eigenvalue weighted by atomic mass is 10.0. The van der Waals surface area contributed by atoms with Crippen LogP contribution in [0, 0.1) is 17.3 Å². The van der Waals surface area contributed by atoms with Gasteiger partial charge in [0, 0.05) is 15.7 Å². The zero-order valence-corrected chi connectivity index (χ0v) is 11.9. The number of rotatable bonds is 3. The minimum atomic E-state index is -1.35. The van der Waals surface area contributed by atoms with Gasteiger partial charge in [-0.1, -0.05) is 37.0 Å². The highest BCUT2D eigenvalue weighted by molar-refractivity contribution is 6.35. The molecule has 0 aliphatic heterocycles. The van der Waals surface area contributed by atoms with Crippen molar-refractivity contribution in [3.05, 3.63) is 28.2 Å². The largest absolute Gasteiger partial charge is 0.480 e. The van der Waals surface area contributed by atoms with E-state index in [1.165, 1.54) is 18.2 Å². The number of aliphatic carboxylic acids is 1. The van der Waals surface area contributed by atoms with E-state index in [1.54, 1.807) is 13.8 Å². The Hall–Kier alpha value is -1.26. The summed E-state index contributed by atoms with van der Waals surface area (Å²) in [5, 5.41) is 12.6. The van der Waals surface area contributed by atoms with E-state index in [-0.39, 0.29) is 11.8 Å². The fraction of sp³-hybridized carbons (Fsp3) is 0.385. The molecule has 0 aromatic heterocycles. The number of carbonyl (C=O) groups excluding carboxylic acids is 1. The van der Waals surface area contributed by atoms with Crippen LogP contribution < -0.4 is 5.32 Å². The van der Waals surface area contributed by atoms with Gasteiger partial charge in [0.25, 0.3) is 0 Å². The van der Waals surface area contributed by atoms with Crippen LogP contribution in [0.2, 0.25) is 10.0 Å². The van der Waals surface area contributed by atoms with Crippen molar-refractivity contribution in [2.75, 3.05) is 5.32 Å². The Morgan fingerprint density at radius 3 is 2.00 bits per heavy atom. The monoisotopic (exact) mass is 301 g/mol. The van der Waals surface area contributed by atoms with Crippen molar-refractivity contribution in [3.8, 4) is 0 Å². The van der Waals surface area contributed by atoms with Crippen LogP contribution in [0.15, 0.2) is 18.2 Å². The number of anilines is 1. The van der Waals surface area contributed by atoms with Crippen molar-refractivity contribution in [1.29, 1.82) is 0 Å².